The lowest BCUT2D eigenvalue weighted by Gasteiger charge is -2.10. The van der Waals surface area contributed by atoms with Crippen LogP contribution in [-0.4, -0.2) is 14.3 Å². The van der Waals surface area contributed by atoms with Crippen molar-refractivity contribution < 1.29 is 13.2 Å². The number of sulfonamides is 1. The van der Waals surface area contributed by atoms with E-state index in [-0.39, 0.29) is 11.4 Å². The van der Waals surface area contributed by atoms with E-state index in [1.165, 1.54) is 12.1 Å². The summed E-state index contributed by atoms with van der Waals surface area (Å²) in [4.78, 5) is 12.2. The molecule has 0 atom stereocenters. The maximum Gasteiger partial charge on any atom is 0.265 e. The van der Waals surface area contributed by atoms with Gasteiger partial charge in [-0.3, -0.25) is 4.79 Å². The molecule has 0 saturated carbocycles. The molecule has 2 rings (SSSR count). The topological polar surface area (TPSA) is 89.3 Å². The van der Waals surface area contributed by atoms with Crippen LogP contribution in [0, 0.1) is 6.92 Å². The summed E-state index contributed by atoms with van der Waals surface area (Å²) in [5, 5.41) is 0. The van der Waals surface area contributed by atoms with Crippen LogP contribution in [0.25, 0.3) is 0 Å². The van der Waals surface area contributed by atoms with Crippen molar-refractivity contribution >= 4 is 31.9 Å². The van der Waals surface area contributed by atoms with Crippen LogP contribution in [-0.2, 0) is 16.6 Å². The Balaban J connectivity index is 2.29. The van der Waals surface area contributed by atoms with Crippen molar-refractivity contribution in [1.82, 2.24) is 4.72 Å². The molecule has 2 aromatic rings. The second-order valence-corrected chi connectivity index (χ2v) is 7.34. The van der Waals surface area contributed by atoms with E-state index in [4.69, 9.17) is 5.73 Å². The molecule has 116 valence electrons. The van der Waals surface area contributed by atoms with Gasteiger partial charge in [0.15, 0.2) is 0 Å². The number of nitrogens with two attached hydrogens (primary N) is 1. The summed E-state index contributed by atoms with van der Waals surface area (Å²) in [5.41, 5.74) is 7.16. The first kappa shape index (κ1) is 16.7. The van der Waals surface area contributed by atoms with Crippen molar-refractivity contribution in [2.24, 2.45) is 5.73 Å². The fourth-order valence-electron chi connectivity index (χ4n) is 1.96. The molecular weight excluding hydrogens is 368 g/mol. The average molecular weight is 383 g/mol. The zero-order valence-corrected chi connectivity index (χ0v) is 14.2. The molecule has 0 aromatic heterocycles. The Kier molecular flexibility index (Phi) is 5.00. The fraction of sp³-hybridized carbons (Fsp3) is 0.133. The number of carbonyl (C=O) groups excluding carboxylic acids is 1. The van der Waals surface area contributed by atoms with Gasteiger partial charge in [-0.25, -0.2) is 13.1 Å². The van der Waals surface area contributed by atoms with Gasteiger partial charge in [0, 0.05) is 16.6 Å². The van der Waals surface area contributed by atoms with E-state index in [9.17, 15) is 13.2 Å². The number of amides is 1. The summed E-state index contributed by atoms with van der Waals surface area (Å²) in [6, 6.07) is 11.2. The highest BCUT2D eigenvalue weighted by atomic mass is 79.9. The van der Waals surface area contributed by atoms with Crippen LogP contribution in [0.15, 0.2) is 51.8 Å². The summed E-state index contributed by atoms with van der Waals surface area (Å²) >= 11 is 3.30. The first-order valence-electron chi connectivity index (χ1n) is 6.46. The van der Waals surface area contributed by atoms with E-state index in [1.807, 2.05) is 0 Å². The van der Waals surface area contributed by atoms with Crippen molar-refractivity contribution in [3.8, 4) is 0 Å². The average Bonchev–Trinajstić information content (AvgIpc) is 2.46. The Morgan fingerprint density at radius 3 is 2.59 bits per heavy atom. The Hall–Kier alpha value is -1.70. The molecule has 1 amide bonds. The zero-order chi connectivity index (χ0) is 16.3. The Morgan fingerprint density at radius 1 is 1.23 bits per heavy atom. The van der Waals surface area contributed by atoms with Crippen molar-refractivity contribution in [2.75, 3.05) is 0 Å². The van der Waals surface area contributed by atoms with E-state index in [0.29, 0.717) is 16.7 Å². The van der Waals surface area contributed by atoms with E-state index < -0.39 is 15.9 Å². The van der Waals surface area contributed by atoms with Gasteiger partial charge in [0.2, 0.25) is 0 Å². The number of nitrogens with one attached hydrogen (secondary N) is 1. The van der Waals surface area contributed by atoms with Gasteiger partial charge in [-0.2, -0.15) is 0 Å². The van der Waals surface area contributed by atoms with Crippen molar-refractivity contribution in [1.29, 1.82) is 0 Å². The molecule has 0 bridgehead atoms. The first-order valence-corrected chi connectivity index (χ1v) is 8.73. The summed E-state index contributed by atoms with van der Waals surface area (Å²) in [5.74, 6) is -0.664. The van der Waals surface area contributed by atoms with Crippen LogP contribution < -0.4 is 10.5 Å². The van der Waals surface area contributed by atoms with Gasteiger partial charge < -0.3 is 5.73 Å². The van der Waals surface area contributed by atoms with Crippen LogP contribution >= 0.6 is 15.9 Å². The summed E-state index contributed by atoms with van der Waals surface area (Å²) in [6.07, 6.45) is 0. The summed E-state index contributed by atoms with van der Waals surface area (Å²) in [7, 11) is -3.93. The Labute approximate surface area is 137 Å². The lowest BCUT2D eigenvalue weighted by molar-refractivity contribution is 0.0981. The lowest BCUT2D eigenvalue weighted by Crippen LogP contribution is -2.31. The largest absolute Gasteiger partial charge is 0.326 e. The van der Waals surface area contributed by atoms with Crippen LogP contribution in [0.1, 0.15) is 21.5 Å². The number of rotatable bonds is 4. The number of halogens is 1. The smallest absolute Gasteiger partial charge is 0.265 e. The lowest BCUT2D eigenvalue weighted by atomic mass is 10.1. The van der Waals surface area contributed by atoms with Crippen LogP contribution in [0.3, 0.4) is 0 Å². The predicted molar refractivity (Wildman–Crippen MR) is 87.9 cm³/mol. The van der Waals surface area contributed by atoms with E-state index in [0.717, 1.165) is 4.47 Å². The number of carbonyl (C=O) groups is 1. The van der Waals surface area contributed by atoms with Gasteiger partial charge in [-0.15, -0.1) is 0 Å². The van der Waals surface area contributed by atoms with Gasteiger partial charge in [-0.05, 0) is 48.4 Å². The van der Waals surface area contributed by atoms with E-state index in [2.05, 4.69) is 20.7 Å². The molecule has 0 heterocycles. The molecule has 22 heavy (non-hydrogen) atoms. The summed E-state index contributed by atoms with van der Waals surface area (Å²) in [6.45, 7) is 1.96. The van der Waals surface area contributed by atoms with Crippen molar-refractivity contribution in [2.45, 2.75) is 18.4 Å². The van der Waals surface area contributed by atoms with E-state index in [1.54, 1.807) is 37.3 Å². The molecule has 0 aliphatic carbocycles. The second-order valence-electron chi connectivity index (χ2n) is 4.75. The normalized spacial score (nSPS) is 11.2. The van der Waals surface area contributed by atoms with Gasteiger partial charge in [0.1, 0.15) is 0 Å². The number of benzene rings is 2. The van der Waals surface area contributed by atoms with Crippen molar-refractivity contribution in [3.05, 3.63) is 63.6 Å². The molecule has 0 fully saturated rings. The highest BCUT2D eigenvalue weighted by molar-refractivity contribution is 9.10. The fourth-order valence-corrected chi connectivity index (χ4v) is 3.47. The van der Waals surface area contributed by atoms with Crippen LogP contribution in [0.4, 0.5) is 0 Å². The minimum Gasteiger partial charge on any atom is -0.326 e. The van der Waals surface area contributed by atoms with E-state index >= 15 is 0 Å². The highest BCUT2D eigenvalue weighted by Crippen LogP contribution is 2.17. The standard InChI is InChI=1S/C15H15BrN2O3S/c1-10-7-12(16)5-6-14(10)15(19)18-22(20,21)13-4-2-3-11(8-13)9-17/h2-8H,9,17H2,1H3,(H,18,19). The molecule has 0 unspecified atom stereocenters. The SMILES string of the molecule is Cc1cc(Br)ccc1C(=O)NS(=O)(=O)c1cccc(CN)c1. The predicted octanol–water partition coefficient (Wildman–Crippen LogP) is 2.33. The summed E-state index contributed by atoms with van der Waals surface area (Å²) < 4.78 is 27.5. The van der Waals surface area contributed by atoms with Gasteiger partial charge in [0.25, 0.3) is 15.9 Å². The van der Waals surface area contributed by atoms with Gasteiger partial charge in [-0.1, -0.05) is 28.1 Å². The highest BCUT2D eigenvalue weighted by Gasteiger charge is 2.20. The molecule has 5 nitrogen and oxygen atoms in total. The second kappa shape index (κ2) is 6.60. The minimum atomic E-state index is -3.93. The quantitative estimate of drug-likeness (QED) is 0.848. The molecule has 7 heteroatoms. The first-order chi connectivity index (χ1) is 10.3. The molecule has 0 aliphatic rings. The zero-order valence-electron chi connectivity index (χ0n) is 11.8. The Morgan fingerprint density at radius 2 is 1.95 bits per heavy atom. The molecule has 0 aliphatic heterocycles. The Bertz CT molecular complexity index is 819. The monoisotopic (exact) mass is 382 g/mol. The molecule has 0 spiro atoms. The molecule has 3 N–H and O–H groups in total. The third-order valence-electron chi connectivity index (χ3n) is 3.10. The molecule has 2 aromatic carbocycles. The number of hydrogen-bond donors (Lipinski definition) is 2. The van der Waals surface area contributed by atoms with Gasteiger partial charge >= 0.3 is 0 Å². The number of aryl methyl sites for hydroxylation is 1. The molecule has 0 radical (unpaired) electrons. The number of hydrogen-bond acceptors (Lipinski definition) is 4. The van der Waals surface area contributed by atoms with Crippen LogP contribution in [0.2, 0.25) is 0 Å². The maximum absolute atomic E-state index is 12.3. The third kappa shape index (κ3) is 3.73. The molecule has 0 saturated heterocycles. The third-order valence-corrected chi connectivity index (χ3v) is 4.93. The molecular formula is C15H15BrN2O3S. The van der Waals surface area contributed by atoms with Crippen molar-refractivity contribution in [3.63, 3.8) is 0 Å². The minimum absolute atomic E-state index is 0.0126. The van der Waals surface area contributed by atoms with Gasteiger partial charge in [0.05, 0.1) is 4.90 Å². The maximum atomic E-state index is 12.3. The van der Waals surface area contributed by atoms with Crippen LogP contribution in [0.5, 0.6) is 0 Å².